The summed E-state index contributed by atoms with van der Waals surface area (Å²) in [6.45, 7) is 0.807. The fourth-order valence-electron chi connectivity index (χ4n) is 0.196. The third kappa shape index (κ3) is 5.75. The molecular weight excluding hydrogens is 222 g/mol. The molecule has 0 unspecified atom stereocenters. The van der Waals surface area contributed by atoms with E-state index in [0.29, 0.717) is 0 Å². The van der Waals surface area contributed by atoms with Crippen LogP contribution in [0.25, 0.3) is 0 Å². The van der Waals surface area contributed by atoms with Gasteiger partial charge in [0, 0.05) is 0 Å². The fourth-order valence-corrected chi connectivity index (χ4v) is 1.76. The van der Waals surface area contributed by atoms with Crippen molar-refractivity contribution >= 4 is 52.9 Å². The van der Waals surface area contributed by atoms with E-state index in [4.69, 9.17) is 19.6 Å². The van der Waals surface area contributed by atoms with Crippen LogP contribution in [0.15, 0.2) is 0 Å². The molecule has 0 bridgehead atoms. The van der Waals surface area contributed by atoms with E-state index in [0.717, 1.165) is 6.92 Å². The first-order chi connectivity index (χ1) is 4.15. The van der Waals surface area contributed by atoms with Crippen molar-refractivity contribution in [1.29, 1.82) is 0 Å². The molecule has 9 heteroatoms. The van der Waals surface area contributed by atoms with Gasteiger partial charge >= 0.3 is 52.9 Å². The van der Waals surface area contributed by atoms with Crippen LogP contribution >= 0.6 is 15.2 Å². The first-order valence-electron chi connectivity index (χ1n) is 2.26. The van der Waals surface area contributed by atoms with Gasteiger partial charge in [-0.1, -0.05) is 0 Å². The van der Waals surface area contributed by atoms with Crippen LogP contribution in [0.1, 0.15) is 9.78 Å². The molecule has 0 aliphatic carbocycles. The maximum atomic E-state index is 10.2. The monoisotopic (exact) mass is 232 g/mol. The maximum absolute atomic E-state index is 10.2. The van der Waals surface area contributed by atoms with Crippen LogP contribution < -0.4 is 0 Å². The predicted octanol–water partition coefficient (Wildman–Crippen LogP) is -0.468. The second kappa shape index (κ2) is 4.70. The zero-order valence-corrected chi connectivity index (χ0v) is 9.78. The Morgan fingerprint density at radius 2 is 1.27 bits per heavy atom. The van der Waals surface area contributed by atoms with E-state index >= 15 is 0 Å². The van der Waals surface area contributed by atoms with Crippen LogP contribution in [-0.4, -0.2) is 62.7 Å². The SMILES string of the molecule is CC(P(=O)(O)O)P(=O)(O)O.[Ca+2].[H-].[H-]. The van der Waals surface area contributed by atoms with Crippen molar-refractivity contribution in [2.24, 2.45) is 0 Å². The number of hydrogen-bond donors (Lipinski definition) is 4. The molecule has 4 N–H and O–H groups in total. The van der Waals surface area contributed by atoms with Crippen molar-refractivity contribution in [3.8, 4) is 0 Å². The van der Waals surface area contributed by atoms with Crippen LogP contribution in [0.4, 0.5) is 0 Å². The minimum absolute atomic E-state index is 0. The molecule has 0 aliphatic rings. The van der Waals surface area contributed by atoms with Crippen LogP contribution in [0.2, 0.25) is 0 Å². The van der Waals surface area contributed by atoms with Crippen LogP contribution in [0.3, 0.4) is 0 Å². The van der Waals surface area contributed by atoms with E-state index in [-0.39, 0.29) is 40.6 Å². The van der Waals surface area contributed by atoms with Crippen molar-refractivity contribution in [1.82, 2.24) is 0 Å². The number of hydrogen-bond acceptors (Lipinski definition) is 2. The Hall–Kier alpha value is 1.56. The Bertz CT molecular complexity index is 189. The Kier molecular flexibility index (Phi) is 6.43. The summed E-state index contributed by atoms with van der Waals surface area (Å²) in [7, 11) is -9.28. The van der Waals surface area contributed by atoms with Gasteiger partial charge in [-0.05, 0) is 6.92 Å². The molecule has 0 aromatic rings. The normalized spacial score (nSPS) is 12.9. The third-order valence-electron chi connectivity index (χ3n) is 0.974. The van der Waals surface area contributed by atoms with Crippen molar-refractivity contribution in [3.63, 3.8) is 0 Å². The molecule has 0 spiro atoms. The molecule has 0 fully saturated rings. The second-order valence-electron chi connectivity index (χ2n) is 1.81. The number of rotatable bonds is 2. The molecule has 0 saturated heterocycles. The van der Waals surface area contributed by atoms with Crippen molar-refractivity contribution in [2.45, 2.75) is 12.3 Å². The third-order valence-corrected chi connectivity index (χ3v) is 4.73. The van der Waals surface area contributed by atoms with E-state index in [1.165, 1.54) is 0 Å². The molecule has 0 aliphatic heterocycles. The first kappa shape index (κ1) is 15.1. The van der Waals surface area contributed by atoms with E-state index in [9.17, 15) is 9.13 Å². The molecule has 0 amide bonds. The molecule has 0 atom stereocenters. The van der Waals surface area contributed by atoms with Gasteiger partial charge in [0.05, 0.1) is 0 Å². The van der Waals surface area contributed by atoms with Crippen LogP contribution in [0.5, 0.6) is 0 Å². The summed E-state index contributed by atoms with van der Waals surface area (Å²) in [6, 6.07) is 0. The van der Waals surface area contributed by atoms with Crippen LogP contribution in [0, 0.1) is 0 Å². The largest absolute Gasteiger partial charge is 2.00 e. The van der Waals surface area contributed by atoms with Gasteiger partial charge in [-0.2, -0.15) is 0 Å². The molecule has 0 heterocycles. The van der Waals surface area contributed by atoms with E-state index in [1.807, 2.05) is 0 Å². The van der Waals surface area contributed by atoms with Gasteiger partial charge in [0.1, 0.15) is 0 Å². The molecule has 66 valence electrons. The quantitative estimate of drug-likeness (QED) is 0.378. The summed E-state index contributed by atoms with van der Waals surface area (Å²) in [5.74, 6) is 0. The first-order valence-corrected chi connectivity index (χ1v) is 5.62. The predicted molar refractivity (Wildman–Crippen MR) is 41.5 cm³/mol. The van der Waals surface area contributed by atoms with Crippen molar-refractivity contribution in [3.05, 3.63) is 0 Å². The minimum atomic E-state index is -4.64. The van der Waals surface area contributed by atoms with Gasteiger partial charge in [-0.25, -0.2) is 0 Å². The van der Waals surface area contributed by atoms with Gasteiger partial charge in [-0.15, -0.1) is 0 Å². The zero-order valence-electron chi connectivity index (χ0n) is 7.78. The molecule has 6 nitrogen and oxygen atoms in total. The summed E-state index contributed by atoms with van der Waals surface area (Å²) in [6.07, 6.45) is 0. The smallest absolute Gasteiger partial charge is 1.00 e. The summed E-state index contributed by atoms with van der Waals surface area (Å²) in [5, 5.41) is -1.90. The Morgan fingerprint density at radius 3 is 1.27 bits per heavy atom. The summed E-state index contributed by atoms with van der Waals surface area (Å²) < 4.78 is 20.4. The van der Waals surface area contributed by atoms with Gasteiger partial charge in [0.25, 0.3) is 0 Å². The van der Waals surface area contributed by atoms with E-state index < -0.39 is 20.6 Å². The van der Waals surface area contributed by atoms with Crippen molar-refractivity contribution < 1.29 is 31.6 Å². The molecular formula is C2H10CaO6P2. The summed E-state index contributed by atoms with van der Waals surface area (Å²) in [4.78, 5) is 33.0. The Labute approximate surface area is 96.3 Å². The van der Waals surface area contributed by atoms with Gasteiger partial charge in [0.15, 0.2) is 5.40 Å². The second-order valence-corrected chi connectivity index (χ2v) is 6.12. The van der Waals surface area contributed by atoms with Crippen LogP contribution in [-0.2, 0) is 9.13 Å². The van der Waals surface area contributed by atoms with E-state index in [1.54, 1.807) is 0 Å². The van der Waals surface area contributed by atoms with Gasteiger partial charge < -0.3 is 22.4 Å². The standard InChI is InChI=1S/C2H8O6P2.Ca.2H/c1-2(9(3,4)5)10(6,7)8;;;/h2H,1H3,(H2,3,4,5)(H2,6,7,8);;;/q;+2;2*-1. The van der Waals surface area contributed by atoms with E-state index in [2.05, 4.69) is 0 Å². The molecule has 0 saturated carbocycles. The molecule has 0 aromatic carbocycles. The molecule has 0 aromatic heterocycles. The molecule has 11 heavy (non-hydrogen) atoms. The molecule has 0 radical (unpaired) electrons. The summed E-state index contributed by atoms with van der Waals surface area (Å²) in [5.41, 5.74) is 0. The Balaban J connectivity index is -0.000000135. The summed E-state index contributed by atoms with van der Waals surface area (Å²) >= 11 is 0. The average Bonchev–Trinajstić information content (AvgIpc) is 1.59. The topological polar surface area (TPSA) is 115 Å². The fraction of sp³-hybridized carbons (Fsp3) is 1.00. The zero-order chi connectivity index (χ0) is 8.58. The minimum Gasteiger partial charge on any atom is -1.00 e. The van der Waals surface area contributed by atoms with Crippen molar-refractivity contribution in [2.75, 3.05) is 0 Å². The average molecular weight is 232 g/mol. The van der Waals surface area contributed by atoms with Gasteiger partial charge in [-0.3, -0.25) is 9.13 Å². The van der Waals surface area contributed by atoms with Gasteiger partial charge in [0.2, 0.25) is 0 Å². The maximum Gasteiger partial charge on any atom is 2.00 e. The Morgan fingerprint density at radius 1 is 1.09 bits per heavy atom. The molecule has 0 rings (SSSR count).